The van der Waals surface area contributed by atoms with Gasteiger partial charge in [-0.25, -0.2) is 0 Å². The van der Waals surface area contributed by atoms with Gasteiger partial charge in [-0.15, -0.1) is 0 Å². The molecule has 1 aliphatic rings. The first kappa shape index (κ1) is 14.4. The molecule has 0 aliphatic carbocycles. The van der Waals surface area contributed by atoms with Crippen molar-refractivity contribution in [2.45, 2.75) is 26.2 Å². The average Bonchev–Trinajstić information content (AvgIpc) is 2.90. The summed E-state index contributed by atoms with van der Waals surface area (Å²) in [4.78, 5) is 14.5. The number of hydrogen-bond donors (Lipinski definition) is 0. The van der Waals surface area contributed by atoms with Crippen molar-refractivity contribution in [2.75, 3.05) is 26.2 Å². The molecule has 19 heavy (non-hydrogen) atoms. The number of ketones is 1. The predicted octanol–water partition coefficient (Wildman–Crippen LogP) is 3.41. The van der Waals surface area contributed by atoms with Crippen LogP contribution in [0.2, 0.25) is 5.02 Å². The van der Waals surface area contributed by atoms with E-state index in [0.29, 0.717) is 29.5 Å². The molecule has 2 rings (SSSR count). The molecule has 3 nitrogen and oxygen atoms in total. The Labute approximate surface area is 119 Å². The summed E-state index contributed by atoms with van der Waals surface area (Å²) in [6.45, 7) is 5.14. The zero-order valence-electron chi connectivity index (χ0n) is 11.3. The maximum Gasteiger partial charge on any atom is 0.180 e. The van der Waals surface area contributed by atoms with E-state index in [1.54, 1.807) is 18.2 Å². The highest BCUT2D eigenvalue weighted by Crippen LogP contribution is 2.24. The van der Waals surface area contributed by atoms with E-state index >= 15 is 0 Å². The van der Waals surface area contributed by atoms with Gasteiger partial charge in [0, 0.05) is 5.02 Å². The summed E-state index contributed by atoms with van der Waals surface area (Å²) < 4.78 is 5.63. The monoisotopic (exact) mass is 281 g/mol. The molecule has 0 bridgehead atoms. The summed E-state index contributed by atoms with van der Waals surface area (Å²) in [5, 5.41) is 0.577. The molecular weight excluding hydrogens is 262 g/mol. The van der Waals surface area contributed by atoms with Crippen LogP contribution >= 0.6 is 11.6 Å². The molecule has 1 saturated heterocycles. The summed E-state index contributed by atoms with van der Waals surface area (Å²) in [7, 11) is 0. The molecule has 0 spiro atoms. The Hall–Kier alpha value is -1.06. The van der Waals surface area contributed by atoms with Crippen LogP contribution in [0.1, 0.15) is 36.5 Å². The van der Waals surface area contributed by atoms with Gasteiger partial charge in [-0.1, -0.05) is 18.5 Å². The first-order valence-electron chi connectivity index (χ1n) is 6.88. The number of benzene rings is 1. The molecule has 0 N–H and O–H groups in total. The number of ether oxygens (including phenoxy) is 1. The van der Waals surface area contributed by atoms with E-state index in [0.717, 1.165) is 19.5 Å². The van der Waals surface area contributed by atoms with Crippen LogP contribution in [-0.2, 0) is 0 Å². The van der Waals surface area contributed by atoms with Crippen molar-refractivity contribution in [1.82, 2.24) is 4.90 Å². The molecule has 0 radical (unpaired) electrons. The van der Waals surface area contributed by atoms with Gasteiger partial charge in [0.1, 0.15) is 5.75 Å². The Morgan fingerprint density at radius 1 is 1.37 bits per heavy atom. The molecule has 0 atom stereocenters. The molecule has 1 fully saturated rings. The molecule has 0 amide bonds. The molecule has 1 aromatic carbocycles. The Morgan fingerprint density at radius 2 is 2.11 bits per heavy atom. The number of likely N-dealkylation sites (tertiary alicyclic amines) is 1. The number of carbonyl (C=O) groups is 1. The van der Waals surface area contributed by atoms with Crippen LogP contribution in [0.5, 0.6) is 5.75 Å². The lowest BCUT2D eigenvalue weighted by atomic mass is 10.1. The third-order valence-corrected chi connectivity index (χ3v) is 3.50. The summed E-state index contributed by atoms with van der Waals surface area (Å²) >= 11 is 5.99. The fourth-order valence-corrected chi connectivity index (χ4v) is 2.46. The lowest BCUT2D eigenvalue weighted by Gasteiger charge is -2.15. The first-order chi connectivity index (χ1) is 9.20. The van der Waals surface area contributed by atoms with Crippen molar-refractivity contribution in [3.8, 4) is 5.75 Å². The Bertz CT molecular complexity index is 442. The van der Waals surface area contributed by atoms with Crippen molar-refractivity contribution >= 4 is 17.4 Å². The maximum absolute atomic E-state index is 12.4. The Kier molecular flexibility index (Phi) is 5.23. The third-order valence-electron chi connectivity index (χ3n) is 3.27. The minimum atomic E-state index is 0.0931. The summed E-state index contributed by atoms with van der Waals surface area (Å²) in [6.07, 6.45) is 3.28. The van der Waals surface area contributed by atoms with Gasteiger partial charge in [0.25, 0.3) is 0 Å². The highest BCUT2D eigenvalue weighted by molar-refractivity contribution is 6.31. The number of halogens is 1. The van der Waals surface area contributed by atoms with E-state index in [-0.39, 0.29) is 5.78 Å². The van der Waals surface area contributed by atoms with Gasteiger partial charge in [0.2, 0.25) is 0 Å². The molecule has 0 aromatic heterocycles. The van der Waals surface area contributed by atoms with Crippen LogP contribution < -0.4 is 4.74 Å². The van der Waals surface area contributed by atoms with Crippen LogP contribution in [0.3, 0.4) is 0 Å². The number of nitrogens with zero attached hydrogens (tertiary/aromatic N) is 1. The van der Waals surface area contributed by atoms with Gasteiger partial charge >= 0.3 is 0 Å². The van der Waals surface area contributed by atoms with Crippen molar-refractivity contribution in [2.24, 2.45) is 0 Å². The summed E-state index contributed by atoms with van der Waals surface area (Å²) in [5.41, 5.74) is 0.604. The molecule has 104 valence electrons. The molecular formula is C15H20ClNO2. The molecule has 1 aromatic rings. The highest BCUT2D eigenvalue weighted by Gasteiger charge is 2.19. The van der Waals surface area contributed by atoms with Crippen LogP contribution in [0.15, 0.2) is 18.2 Å². The van der Waals surface area contributed by atoms with E-state index in [2.05, 4.69) is 4.90 Å². The molecule has 0 saturated carbocycles. The first-order valence-corrected chi connectivity index (χ1v) is 7.26. The van der Waals surface area contributed by atoms with Crippen molar-refractivity contribution < 1.29 is 9.53 Å². The van der Waals surface area contributed by atoms with Crippen molar-refractivity contribution in [3.05, 3.63) is 28.8 Å². The SMILES string of the molecule is CCCOc1ccc(Cl)cc1C(=O)CN1CCCC1. The number of rotatable bonds is 6. The van der Waals surface area contributed by atoms with E-state index in [4.69, 9.17) is 16.3 Å². The van der Waals surface area contributed by atoms with E-state index in [1.807, 2.05) is 6.92 Å². The fraction of sp³-hybridized carbons (Fsp3) is 0.533. The van der Waals surface area contributed by atoms with Crippen LogP contribution in [0, 0.1) is 0 Å². The van der Waals surface area contributed by atoms with Crippen LogP contribution in [0.4, 0.5) is 0 Å². The topological polar surface area (TPSA) is 29.5 Å². The van der Waals surface area contributed by atoms with Crippen LogP contribution in [-0.4, -0.2) is 36.9 Å². The molecule has 1 heterocycles. The zero-order valence-corrected chi connectivity index (χ0v) is 12.1. The minimum Gasteiger partial charge on any atom is -0.493 e. The predicted molar refractivity (Wildman–Crippen MR) is 77.2 cm³/mol. The third kappa shape index (κ3) is 3.95. The minimum absolute atomic E-state index is 0.0931. The quantitative estimate of drug-likeness (QED) is 0.749. The van der Waals surface area contributed by atoms with Gasteiger partial charge in [0.15, 0.2) is 5.78 Å². The van der Waals surface area contributed by atoms with E-state index < -0.39 is 0 Å². The molecule has 1 aliphatic heterocycles. The van der Waals surface area contributed by atoms with Crippen molar-refractivity contribution in [3.63, 3.8) is 0 Å². The number of carbonyl (C=O) groups excluding carboxylic acids is 1. The van der Waals surface area contributed by atoms with Crippen LogP contribution in [0.25, 0.3) is 0 Å². The molecule has 0 unspecified atom stereocenters. The smallest absolute Gasteiger partial charge is 0.180 e. The van der Waals surface area contributed by atoms with E-state index in [1.165, 1.54) is 12.8 Å². The summed E-state index contributed by atoms with van der Waals surface area (Å²) in [5.74, 6) is 0.742. The van der Waals surface area contributed by atoms with E-state index in [9.17, 15) is 4.79 Å². The normalized spacial score (nSPS) is 15.7. The Morgan fingerprint density at radius 3 is 2.79 bits per heavy atom. The number of hydrogen-bond acceptors (Lipinski definition) is 3. The van der Waals surface area contributed by atoms with Gasteiger partial charge in [-0.2, -0.15) is 0 Å². The largest absolute Gasteiger partial charge is 0.493 e. The standard InChI is InChI=1S/C15H20ClNO2/c1-2-9-19-15-6-5-12(16)10-13(15)14(18)11-17-7-3-4-8-17/h5-6,10H,2-4,7-9,11H2,1H3. The number of Topliss-reactive ketones (excluding diaryl/α,β-unsaturated/α-hetero) is 1. The second kappa shape index (κ2) is 6.92. The highest BCUT2D eigenvalue weighted by atomic mass is 35.5. The van der Waals surface area contributed by atoms with Gasteiger partial charge < -0.3 is 4.74 Å². The second-order valence-electron chi connectivity index (χ2n) is 4.90. The maximum atomic E-state index is 12.4. The van der Waals surface area contributed by atoms with Gasteiger partial charge in [-0.3, -0.25) is 9.69 Å². The fourth-order valence-electron chi connectivity index (χ4n) is 2.29. The second-order valence-corrected chi connectivity index (χ2v) is 5.33. The Balaban J connectivity index is 2.11. The summed E-state index contributed by atoms with van der Waals surface area (Å²) in [6, 6.07) is 5.26. The lowest BCUT2D eigenvalue weighted by molar-refractivity contribution is 0.0941. The van der Waals surface area contributed by atoms with Gasteiger partial charge in [-0.05, 0) is 50.6 Å². The average molecular weight is 282 g/mol. The zero-order chi connectivity index (χ0) is 13.7. The molecule has 4 heteroatoms. The van der Waals surface area contributed by atoms with Crippen molar-refractivity contribution in [1.29, 1.82) is 0 Å². The van der Waals surface area contributed by atoms with Gasteiger partial charge in [0.05, 0.1) is 18.7 Å². The lowest BCUT2D eigenvalue weighted by Crippen LogP contribution is -2.27.